The molecule has 0 fully saturated rings. The van der Waals surface area contributed by atoms with Crippen molar-refractivity contribution in [1.82, 2.24) is 9.97 Å². The van der Waals surface area contributed by atoms with E-state index in [4.69, 9.17) is 0 Å². The van der Waals surface area contributed by atoms with Crippen molar-refractivity contribution in [3.05, 3.63) is 42.0 Å². The summed E-state index contributed by atoms with van der Waals surface area (Å²) in [6, 6.07) is 4.99. The molecule has 1 aromatic carbocycles. The summed E-state index contributed by atoms with van der Waals surface area (Å²) in [4.78, 5) is 8.58. The zero-order valence-corrected chi connectivity index (χ0v) is 10.6. The normalized spacial score (nSPS) is 10.4. The van der Waals surface area contributed by atoms with E-state index in [1.165, 1.54) is 6.07 Å². The minimum absolute atomic E-state index is 0.221. The fourth-order valence-corrected chi connectivity index (χ4v) is 1.72. The molecule has 0 amide bonds. The van der Waals surface area contributed by atoms with Crippen molar-refractivity contribution in [1.29, 1.82) is 0 Å². The van der Waals surface area contributed by atoms with Crippen LogP contribution in [0, 0.1) is 12.7 Å². The number of aromatic nitrogens is 2. The Balaban J connectivity index is 2.35. The van der Waals surface area contributed by atoms with Gasteiger partial charge in [0.25, 0.3) is 0 Å². The number of hydrogen-bond donors (Lipinski definition) is 1. The first-order valence-electron chi connectivity index (χ1n) is 6.03. The zero-order chi connectivity index (χ0) is 13.0. The Labute approximate surface area is 106 Å². The van der Waals surface area contributed by atoms with Crippen LogP contribution in [-0.2, 0) is 0 Å². The molecule has 94 valence electrons. The minimum Gasteiger partial charge on any atom is -0.369 e. The van der Waals surface area contributed by atoms with E-state index in [1.807, 2.05) is 6.07 Å². The number of halogens is 1. The summed E-state index contributed by atoms with van der Waals surface area (Å²) in [6.45, 7) is 4.68. The van der Waals surface area contributed by atoms with Crippen LogP contribution in [0.1, 0.15) is 18.9 Å². The Hall–Kier alpha value is -1.97. The van der Waals surface area contributed by atoms with E-state index >= 15 is 0 Å². The average Bonchev–Trinajstić information content (AvgIpc) is 2.40. The van der Waals surface area contributed by atoms with Crippen LogP contribution in [-0.4, -0.2) is 16.5 Å². The Kier molecular flexibility index (Phi) is 3.87. The number of nitrogens with one attached hydrogen (secondary N) is 1. The molecule has 0 atom stereocenters. The minimum atomic E-state index is -0.221. The van der Waals surface area contributed by atoms with Gasteiger partial charge in [0.05, 0.1) is 18.1 Å². The van der Waals surface area contributed by atoms with Crippen molar-refractivity contribution < 1.29 is 4.39 Å². The first-order chi connectivity index (χ1) is 8.72. The Morgan fingerprint density at radius 2 is 2.11 bits per heavy atom. The van der Waals surface area contributed by atoms with Crippen molar-refractivity contribution in [3.8, 4) is 11.3 Å². The fraction of sp³-hybridized carbons (Fsp3) is 0.286. The second-order valence-electron chi connectivity index (χ2n) is 4.13. The third-order valence-corrected chi connectivity index (χ3v) is 2.73. The fourth-order valence-electron chi connectivity index (χ4n) is 1.72. The van der Waals surface area contributed by atoms with Gasteiger partial charge in [0.2, 0.25) is 0 Å². The smallest absolute Gasteiger partial charge is 0.145 e. The predicted octanol–water partition coefficient (Wildman–Crippen LogP) is 3.41. The quantitative estimate of drug-likeness (QED) is 0.897. The maximum Gasteiger partial charge on any atom is 0.145 e. The maximum atomic E-state index is 13.5. The third kappa shape index (κ3) is 2.64. The summed E-state index contributed by atoms with van der Waals surface area (Å²) in [5.74, 6) is 0.499. The van der Waals surface area contributed by atoms with Crippen LogP contribution in [0.4, 0.5) is 10.2 Å². The van der Waals surface area contributed by atoms with Gasteiger partial charge in [0, 0.05) is 12.1 Å². The molecule has 0 unspecified atom stereocenters. The van der Waals surface area contributed by atoms with Crippen molar-refractivity contribution in [2.24, 2.45) is 0 Å². The van der Waals surface area contributed by atoms with Gasteiger partial charge in [-0.2, -0.15) is 0 Å². The van der Waals surface area contributed by atoms with E-state index in [1.54, 1.807) is 25.4 Å². The van der Waals surface area contributed by atoms with Gasteiger partial charge in [-0.3, -0.25) is 4.98 Å². The maximum absolute atomic E-state index is 13.5. The molecule has 4 heteroatoms. The summed E-state index contributed by atoms with van der Waals surface area (Å²) in [7, 11) is 0. The highest BCUT2D eigenvalue weighted by atomic mass is 19.1. The molecule has 1 N–H and O–H groups in total. The lowest BCUT2D eigenvalue weighted by Crippen LogP contribution is -2.03. The van der Waals surface area contributed by atoms with Crippen LogP contribution in [0.2, 0.25) is 0 Å². The highest BCUT2D eigenvalue weighted by Crippen LogP contribution is 2.23. The van der Waals surface area contributed by atoms with Gasteiger partial charge in [-0.05, 0) is 25.0 Å². The second-order valence-corrected chi connectivity index (χ2v) is 4.13. The van der Waals surface area contributed by atoms with Gasteiger partial charge in [0.15, 0.2) is 0 Å². The monoisotopic (exact) mass is 245 g/mol. The highest BCUT2D eigenvalue weighted by molar-refractivity contribution is 5.64. The van der Waals surface area contributed by atoms with E-state index in [-0.39, 0.29) is 5.82 Å². The largest absolute Gasteiger partial charge is 0.369 e. The molecule has 18 heavy (non-hydrogen) atoms. The molecule has 0 aliphatic rings. The Bertz CT molecular complexity index is 540. The summed E-state index contributed by atoms with van der Waals surface area (Å²) < 4.78 is 13.5. The molecular weight excluding hydrogens is 229 g/mol. The molecule has 0 aliphatic heterocycles. The molecule has 0 saturated carbocycles. The average molecular weight is 245 g/mol. The van der Waals surface area contributed by atoms with Crippen molar-refractivity contribution in [2.45, 2.75) is 20.3 Å². The van der Waals surface area contributed by atoms with Crippen LogP contribution in [0.15, 0.2) is 30.6 Å². The first kappa shape index (κ1) is 12.5. The standard InChI is InChI=1S/C14H16FN3/c1-3-7-17-14-9-16-8-13(18-14)11-5-4-6-12(15)10(11)2/h4-6,8-9H,3,7H2,1-2H3,(H,17,18). The lowest BCUT2D eigenvalue weighted by Gasteiger charge is -2.08. The number of anilines is 1. The van der Waals surface area contributed by atoms with Crippen molar-refractivity contribution >= 4 is 5.82 Å². The summed E-state index contributed by atoms with van der Waals surface area (Å²) in [6.07, 6.45) is 4.34. The molecule has 0 spiro atoms. The van der Waals surface area contributed by atoms with Crippen LogP contribution >= 0.6 is 0 Å². The molecule has 0 aliphatic carbocycles. The van der Waals surface area contributed by atoms with Crippen LogP contribution in [0.3, 0.4) is 0 Å². The topological polar surface area (TPSA) is 37.8 Å². The first-order valence-corrected chi connectivity index (χ1v) is 6.03. The second kappa shape index (κ2) is 5.58. The van der Waals surface area contributed by atoms with Crippen LogP contribution < -0.4 is 5.32 Å². The zero-order valence-electron chi connectivity index (χ0n) is 10.6. The van der Waals surface area contributed by atoms with Gasteiger partial charge >= 0.3 is 0 Å². The van der Waals surface area contributed by atoms with Gasteiger partial charge in [0.1, 0.15) is 11.6 Å². The molecule has 2 rings (SSSR count). The molecule has 1 heterocycles. The van der Waals surface area contributed by atoms with E-state index in [9.17, 15) is 4.39 Å². The van der Waals surface area contributed by atoms with E-state index in [2.05, 4.69) is 22.2 Å². The Morgan fingerprint density at radius 3 is 2.89 bits per heavy atom. The summed E-state index contributed by atoms with van der Waals surface area (Å²) in [5.41, 5.74) is 2.06. The molecule has 2 aromatic rings. The lowest BCUT2D eigenvalue weighted by molar-refractivity contribution is 0.619. The van der Waals surface area contributed by atoms with Gasteiger partial charge in [-0.15, -0.1) is 0 Å². The Morgan fingerprint density at radius 1 is 1.28 bits per heavy atom. The van der Waals surface area contributed by atoms with Crippen molar-refractivity contribution in [3.63, 3.8) is 0 Å². The van der Waals surface area contributed by atoms with Crippen LogP contribution in [0.25, 0.3) is 11.3 Å². The molecule has 0 bridgehead atoms. The number of hydrogen-bond acceptors (Lipinski definition) is 3. The van der Waals surface area contributed by atoms with Crippen molar-refractivity contribution in [2.75, 3.05) is 11.9 Å². The predicted molar refractivity (Wildman–Crippen MR) is 70.9 cm³/mol. The molecule has 3 nitrogen and oxygen atoms in total. The molecule has 0 radical (unpaired) electrons. The summed E-state index contributed by atoms with van der Waals surface area (Å²) >= 11 is 0. The highest BCUT2D eigenvalue weighted by Gasteiger charge is 2.08. The molecule has 1 aromatic heterocycles. The van der Waals surface area contributed by atoms with E-state index < -0.39 is 0 Å². The van der Waals surface area contributed by atoms with Gasteiger partial charge < -0.3 is 5.32 Å². The lowest BCUT2D eigenvalue weighted by atomic mass is 10.1. The molecular formula is C14H16FN3. The molecule has 0 saturated heterocycles. The van der Waals surface area contributed by atoms with Crippen LogP contribution in [0.5, 0.6) is 0 Å². The van der Waals surface area contributed by atoms with E-state index in [0.29, 0.717) is 11.3 Å². The number of nitrogens with zero attached hydrogens (tertiary/aromatic N) is 2. The summed E-state index contributed by atoms with van der Waals surface area (Å²) in [5, 5.41) is 3.17. The number of benzene rings is 1. The van der Waals surface area contributed by atoms with Gasteiger partial charge in [-0.1, -0.05) is 19.1 Å². The van der Waals surface area contributed by atoms with E-state index in [0.717, 1.165) is 24.3 Å². The third-order valence-electron chi connectivity index (χ3n) is 2.73. The number of rotatable bonds is 4. The SMILES string of the molecule is CCCNc1cncc(-c2cccc(F)c2C)n1. The van der Waals surface area contributed by atoms with Gasteiger partial charge in [-0.25, -0.2) is 9.37 Å².